The van der Waals surface area contributed by atoms with Gasteiger partial charge < -0.3 is 0 Å². The molecule has 0 radical (unpaired) electrons. The normalized spacial score (nSPS) is 11.2. The minimum Gasteiger partial charge on any atom is -0.0712 e. The third-order valence-corrected chi connectivity index (χ3v) is 2.48. The molecule has 1 rings (SSSR count). The predicted octanol–water partition coefficient (Wildman–Crippen LogP) is 4.59. The molecule has 1 aromatic carbocycles. The summed E-state index contributed by atoms with van der Waals surface area (Å²) in [4.78, 5) is 0. The van der Waals surface area contributed by atoms with Crippen molar-refractivity contribution in [3.8, 4) is 0 Å². The van der Waals surface area contributed by atoms with Gasteiger partial charge in [0.05, 0.1) is 0 Å². The number of hydrogen-bond acceptors (Lipinski definition) is 0. The van der Waals surface area contributed by atoms with E-state index in [0.29, 0.717) is 4.49 Å². The van der Waals surface area contributed by atoms with Gasteiger partial charge in [0.25, 0.3) is 0 Å². The van der Waals surface area contributed by atoms with Crippen molar-refractivity contribution in [2.75, 3.05) is 0 Å². The molecule has 0 saturated carbocycles. The van der Waals surface area contributed by atoms with Crippen molar-refractivity contribution in [2.45, 2.75) is 26.2 Å². The fraction of sp³-hybridized carbons (Fsp3) is 0.333. The van der Waals surface area contributed by atoms with E-state index in [0.717, 1.165) is 0 Å². The predicted molar refractivity (Wildman–Crippen MR) is 64.0 cm³/mol. The summed E-state index contributed by atoms with van der Waals surface area (Å²) in [5.74, 6) is 0. The lowest BCUT2D eigenvalue weighted by molar-refractivity contribution is 0.670. The molecule has 0 heterocycles. The molecule has 0 N–H and O–H groups in total. The van der Waals surface area contributed by atoms with Crippen LogP contribution in [-0.2, 0) is 5.41 Å². The number of rotatable bonds is 2. The maximum absolute atomic E-state index is 5.67. The van der Waals surface area contributed by atoms with Gasteiger partial charge in [-0.2, -0.15) is 0 Å². The first kappa shape index (κ1) is 11.6. The fourth-order valence-electron chi connectivity index (χ4n) is 1.34. The topological polar surface area (TPSA) is 0 Å². The Labute approximate surface area is 95.5 Å². The molecule has 2 heteroatoms. The van der Waals surface area contributed by atoms with Crippen molar-refractivity contribution >= 4 is 23.2 Å². The first-order valence-corrected chi connectivity index (χ1v) is 5.28. The zero-order valence-corrected chi connectivity index (χ0v) is 10.2. The molecule has 0 saturated heterocycles. The van der Waals surface area contributed by atoms with Crippen LogP contribution in [-0.4, -0.2) is 0 Å². The number of hydrogen-bond donors (Lipinski definition) is 0. The van der Waals surface area contributed by atoms with Crippen molar-refractivity contribution in [1.82, 2.24) is 0 Å². The lowest BCUT2D eigenvalue weighted by Crippen LogP contribution is -2.13. The summed E-state index contributed by atoms with van der Waals surface area (Å²) >= 11 is 11.3. The molecule has 0 atom stereocenters. The SMILES string of the molecule is Cc1ccc(C(C)(C)C=C(Cl)Cl)cc1. The zero-order valence-electron chi connectivity index (χ0n) is 8.64. The number of allylic oxidation sites excluding steroid dienone is 1. The molecular weight excluding hydrogens is 215 g/mol. The summed E-state index contributed by atoms with van der Waals surface area (Å²) in [6.45, 7) is 6.24. The first-order valence-electron chi connectivity index (χ1n) is 4.53. The van der Waals surface area contributed by atoms with Crippen molar-refractivity contribution in [1.29, 1.82) is 0 Å². The molecule has 0 aliphatic rings. The summed E-state index contributed by atoms with van der Waals surface area (Å²) in [5.41, 5.74) is 2.35. The van der Waals surface area contributed by atoms with Crippen LogP contribution < -0.4 is 0 Å². The Morgan fingerprint density at radius 3 is 2.07 bits per heavy atom. The van der Waals surface area contributed by atoms with Gasteiger partial charge in [0.15, 0.2) is 0 Å². The van der Waals surface area contributed by atoms with Gasteiger partial charge in [-0.15, -0.1) is 0 Å². The highest BCUT2D eigenvalue weighted by molar-refractivity contribution is 6.55. The molecule has 0 bridgehead atoms. The lowest BCUT2D eigenvalue weighted by atomic mass is 9.84. The molecule has 14 heavy (non-hydrogen) atoms. The van der Waals surface area contributed by atoms with Gasteiger partial charge in [-0.1, -0.05) is 66.9 Å². The molecule has 0 fully saturated rings. The maximum Gasteiger partial charge on any atom is 0.103 e. The molecule has 0 aliphatic heterocycles. The Morgan fingerprint density at radius 2 is 1.64 bits per heavy atom. The van der Waals surface area contributed by atoms with Crippen molar-refractivity contribution in [3.05, 3.63) is 46.0 Å². The van der Waals surface area contributed by atoms with E-state index < -0.39 is 0 Å². The summed E-state index contributed by atoms with van der Waals surface area (Å²) in [6, 6.07) is 8.38. The van der Waals surface area contributed by atoms with Crippen molar-refractivity contribution in [3.63, 3.8) is 0 Å². The van der Waals surface area contributed by atoms with Crippen molar-refractivity contribution in [2.24, 2.45) is 0 Å². The highest BCUT2D eigenvalue weighted by atomic mass is 35.5. The Morgan fingerprint density at radius 1 is 1.14 bits per heavy atom. The van der Waals surface area contributed by atoms with E-state index in [9.17, 15) is 0 Å². The van der Waals surface area contributed by atoms with E-state index in [4.69, 9.17) is 23.2 Å². The van der Waals surface area contributed by atoms with Gasteiger partial charge in [0, 0.05) is 5.41 Å². The quantitative estimate of drug-likeness (QED) is 0.695. The summed E-state index contributed by atoms with van der Waals surface area (Å²) in [7, 11) is 0. The van der Waals surface area contributed by atoms with Crippen LogP contribution in [0.5, 0.6) is 0 Å². The van der Waals surface area contributed by atoms with Crippen molar-refractivity contribution < 1.29 is 0 Å². The van der Waals surface area contributed by atoms with Crippen LogP contribution in [0.25, 0.3) is 0 Å². The molecule has 1 aromatic rings. The first-order chi connectivity index (χ1) is 6.42. The number of aryl methyl sites for hydroxylation is 1. The van der Waals surface area contributed by atoms with Crippen LogP contribution in [0.2, 0.25) is 0 Å². The van der Waals surface area contributed by atoms with E-state index in [1.807, 2.05) is 6.08 Å². The van der Waals surface area contributed by atoms with E-state index >= 15 is 0 Å². The fourth-order valence-corrected chi connectivity index (χ4v) is 1.88. The monoisotopic (exact) mass is 228 g/mol. The Hall–Kier alpha value is -0.460. The lowest BCUT2D eigenvalue weighted by Gasteiger charge is -2.21. The van der Waals surface area contributed by atoms with Crippen LogP contribution >= 0.6 is 23.2 Å². The molecule has 0 amide bonds. The second kappa shape index (κ2) is 4.37. The Bertz CT molecular complexity index is 330. The van der Waals surface area contributed by atoms with E-state index in [1.165, 1.54) is 11.1 Å². The summed E-state index contributed by atoms with van der Waals surface area (Å²) < 4.78 is 0.315. The van der Waals surface area contributed by atoms with Crippen LogP contribution in [0.1, 0.15) is 25.0 Å². The average molecular weight is 229 g/mol. The molecule has 0 aliphatic carbocycles. The van der Waals surface area contributed by atoms with E-state index in [2.05, 4.69) is 45.0 Å². The summed E-state index contributed by atoms with van der Waals surface area (Å²) in [5, 5.41) is 0. The van der Waals surface area contributed by atoms with Gasteiger partial charge in [-0.3, -0.25) is 0 Å². The minimum atomic E-state index is -0.119. The minimum absolute atomic E-state index is 0.119. The Balaban J connectivity index is 3.04. The third-order valence-electron chi connectivity index (χ3n) is 2.27. The average Bonchev–Trinajstić information content (AvgIpc) is 2.02. The zero-order chi connectivity index (χ0) is 10.8. The van der Waals surface area contributed by atoms with Crippen LogP contribution in [0.4, 0.5) is 0 Å². The molecule has 0 aromatic heterocycles. The maximum atomic E-state index is 5.67. The van der Waals surface area contributed by atoms with Gasteiger partial charge in [-0.05, 0) is 18.6 Å². The highest BCUT2D eigenvalue weighted by Gasteiger charge is 2.17. The Kier molecular flexibility index (Phi) is 3.63. The standard InChI is InChI=1S/C12H14Cl2/c1-9-4-6-10(7-5-9)12(2,3)8-11(13)14/h4-8H,1-3H3. The molecule has 0 spiro atoms. The van der Waals surface area contributed by atoms with Gasteiger partial charge in [0.1, 0.15) is 4.49 Å². The largest absolute Gasteiger partial charge is 0.103 e. The second-order valence-electron chi connectivity index (χ2n) is 4.02. The number of benzene rings is 1. The van der Waals surface area contributed by atoms with Gasteiger partial charge in [0.2, 0.25) is 0 Å². The second-order valence-corrected chi connectivity index (χ2v) is 5.03. The van der Waals surface area contributed by atoms with E-state index in [-0.39, 0.29) is 5.41 Å². The summed E-state index contributed by atoms with van der Waals surface area (Å²) in [6.07, 6.45) is 1.85. The third kappa shape index (κ3) is 3.04. The molecule has 76 valence electrons. The highest BCUT2D eigenvalue weighted by Crippen LogP contribution is 2.28. The molecule has 0 unspecified atom stereocenters. The van der Waals surface area contributed by atoms with Crippen LogP contribution in [0, 0.1) is 6.92 Å². The van der Waals surface area contributed by atoms with Crippen LogP contribution in [0.3, 0.4) is 0 Å². The number of halogens is 2. The molecule has 0 nitrogen and oxygen atoms in total. The van der Waals surface area contributed by atoms with Gasteiger partial charge in [-0.25, -0.2) is 0 Å². The molecular formula is C12H14Cl2. The van der Waals surface area contributed by atoms with E-state index in [1.54, 1.807) is 0 Å². The van der Waals surface area contributed by atoms with Crippen LogP contribution in [0.15, 0.2) is 34.8 Å². The smallest absolute Gasteiger partial charge is 0.0712 e. The van der Waals surface area contributed by atoms with Gasteiger partial charge >= 0.3 is 0 Å².